The summed E-state index contributed by atoms with van der Waals surface area (Å²) in [7, 11) is 0. The van der Waals surface area contributed by atoms with Gasteiger partial charge in [0.05, 0.1) is 11.0 Å². The number of non-ortho nitro benzene ring substituents is 1. The maximum atomic E-state index is 11.3. The largest absolute Gasteiger partial charge is 0.872 e. The monoisotopic (exact) mass is 205 g/mol. The van der Waals surface area contributed by atoms with Crippen LogP contribution in [-0.2, 0) is 0 Å². The van der Waals surface area contributed by atoms with E-state index in [-0.39, 0.29) is 17.0 Å². The van der Waals surface area contributed by atoms with Crippen LogP contribution in [-0.4, -0.2) is 17.2 Å². The van der Waals surface area contributed by atoms with Crippen molar-refractivity contribution in [3.05, 3.63) is 33.9 Å². The number of nitro benzene ring substituents is 1. The first-order chi connectivity index (χ1) is 7.16. The molecule has 78 valence electrons. The first-order valence-electron chi connectivity index (χ1n) is 4.65. The highest BCUT2D eigenvalue weighted by atomic mass is 16.6. The SMILES string of the molecule is O=[N+]([O-])c1ccc([O-])c(C=NC2CC2)c1. The van der Waals surface area contributed by atoms with Crippen molar-refractivity contribution in [2.45, 2.75) is 18.9 Å². The predicted molar refractivity (Wildman–Crippen MR) is 53.2 cm³/mol. The molecule has 1 aliphatic carbocycles. The van der Waals surface area contributed by atoms with Gasteiger partial charge in [-0.25, -0.2) is 0 Å². The molecule has 0 heterocycles. The van der Waals surface area contributed by atoms with Gasteiger partial charge in [-0.2, -0.15) is 0 Å². The lowest BCUT2D eigenvalue weighted by Crippen LogP contribution is -1.98. The summed E-state index contributed by atoms with van der Waals surface area (Å²) in [5.41, 5.74) is 0.211. The van der Waals surface area contributed by atoms with Crippen molar-refractivity contribution >= 4 is 11.9 Å². The minimum Gasteiger partial charge on any atom is -0.872 e. The van der Waals surface area contributed by atoms with Crippen molar-refractivity contribution in [1.82, 2.24) is 0 Å². The molecule has 15 heavy (non-hydrogen) atoms. The number of nitro groups is 1. The second kappa shape index (κ2) is 3.68. The standard InChI is InChI=1S/C10H10N2O3/c13-10-4-3-9(12(14)15)5-7(10)6-11-8-1-2-8/h3-6,8,13H,1-2H2/p-1. The van der Waals surface area contributed by atoms with Crippen molar-refractivity contribution in [3.63, 3.8) is 0 Å². The number of benzene rings is 1. The molecule has 0 bridgehead atoms. The third kappa shape index (κ3) is 2.31. The molecule has 0 saturated heterocycles. The van der Waals surface area contributed by atoms with Gasteiger partial charge in [0.2, 0.25) is 0 Å². The van der Waals surface area contributed by atoms with Crippen LogP contribution in [0.15, 0.2) is 23.2 Å². The molecule has 5 nitrogen and oxygen atoms in total. The first kappa shape index (κ1) is 9.64. The summed E-state index contributed by atoms with van der Waals surface area (Å²) in [4.78, 5) is 14.1. The minimum atomic E-state index is -0.520. The molecule has 0 aliphatic heterocycles. The summed E-state index contributed by atoms with van der Waals surface area (Å²) in [5.74, 6) is -0.231. The quantitative estimate of drug-likeness (QED) is 0.423. The van der Waals surface area contributed by atoms with Crippen LogP contribution in [0.5, 0.6) is 5.75 Å². The van der Waals surface area contributed by atoms with Crippen LogP contribution in [0, 0.1) is 10.1 Å². The van der Waals surface area contributed by atoms with Gasteiger partial charge in [0, 0.05) is 18.3 Å². The molecule has 0 spiro atoms. The lowest BCUT2D eigenvalue weighted by Gasteiger charge is -2.08. The lowest BCUT2D eigenvalue weighted by atomic mass is 10.2. The minimum absolute atomic E-state index is 0.0770. The molecule has 0 atom stereocenters. The van der Waals surface area contributed by atoms with Gasteiger partial charge in [-0.3, -0.25) is 15.1 Å². The maximum Gasteiger partial charge on any atom is 0.270 e. The summed E-state index contributed by atoms with van der Waals surface area (Å²) in [6.45, 7) is 0. The molecule has 0 amide bonds. The molecule has 1 aliphatic rings. The zero-order valence-electron chi connectivity index (χ0n) is 7.92. The molecule has 1 saturated carbocycles. The van der Waals surface area contributed by atoms with Gasteiger partial charge in [0.1, 0.15) is 0 Å². The Balaban J connectivity index is 2.27. The van der Waals surface area contributed by atoms with Crippen LogP contribution < -0.4 is 5.11 Å². The summed E-state index contributed by atoms with van der Waals surface area (Å²) in [6.07, 6.45) is 3.52. The smallest absolute Gasteiger partial charge is 0.270 e. The molecule has 0 unspecified atom stereocenters. The predicted octanol–water partition coefficient (Wildman–Crippen LogP) is 1.25. The number of hydrogen-bond donors (Lipinski definition) is 0. The third-order valence-electron chi connectivity index (χ3n) is 2.18. The summed E-state index contributed by atoms with van der Waals surface area (Å²) < 4.78 is 0. The van der Waals surface area contributed by atoms with Gasteiger partial charge in [0.25, 0.3) is 5.69 Å². The molecular weight excluding hydrogens is 196 g/mol. The highest BCUT2D eigenvalue weighted by molar-refractivity contribution is 5.84. The average Bonchev–Trinajstić information content (AvgIpc) is 3.00. The summed E-state index contributed by atoms with van der Waals surface area (Å²) in [6, 6.07) is 3.97. The van der Waals surface area contributed by atoms with Crippen LogP contribution in [0.4, 0.5) is 5.69 Å². The molecule has 1 aromatic rings. The number of hydrogen-bond acceptors (Lipinski definition) is 4. The maximum absolute atomic E-state index is 11.3. The van der Waals surface area contributed by atoms with Gasteiger partial charge in [-0.05, 0) is 18.4 Å². The fourth-order valence-electron chi connectivity index (χ4n) is 1.16. The molecule has 1 aromatic carbocycles. The van der Waals surface area contributed by atoms with Crippen LogP contribution in [0.3, 0.4) is 0 Å². The molecule has 5 heteroatoms. The van der Waals surface area contributed by atoms with Crippen LogP contribution >= 0.6 is 0 Å². The molecule has 0 aromatic heterocycles. The normalized spacial score (nSPS) is 15.7. The van der Waals surface area contributed by atoms with Gasteiger partial charge in [0.15, 0.2) is 0 Å². The second-order valence-electron chi connectivity index (χ2n) is 3.49. The summed E-state index contributed by atoms with van der Waals surface area (Å²) >= 11 is 0. The molecule has 0 N–H and O–H groups in total. The van der Waals surface area contributed by atoms with Crippen molar-refractivity contribution in [3.8, 4) is 5.75 Å². The fraction of sp³-hybridized carbons (Fsp3) is 0.300. The lowest BCUT2D eigenvalue weighted by molar-refractivity contribution is -0.385. The topological polar surface area (TPSA) is 78.6 Å². The van der Waals surface area contributed by atoms with E-state index in [1.807, 2.05) is 0 Å². The van der Waals surface area contributed by atoms with Crippen LogP contribution in [0.1, 0.15) is 18.4 Å². The highest BCUT2D eigenvalue weighted by Crippen LogP contribution is 2.24. The van der Waals surface area contributed by atoms with E-state index in [1.165, 1.54) is 24.4 Å². The Hall–Kier alpha value is -1.91. The molecular formula is C10H9N2O3-. The molecule has 1 fully saturated rings. The van der Waals surface area contributed by atoms with Crippen LogP contribution in [0.2, 0.25) is 0 Å². The Morgan fingerprint density at radius 3 is 2.80 bits per heavy atom. The number of rotatable bonds is 3. The Kier molecular flexibility index (Phi) is 2.37. The first-order valence-corrected chi connectivity index (χ1v) is 4.65. The van der Waals surface area contributed by atoms with E-state index in [9.17, 15) is 15.2 Å². The summed E-state index contributed by atoms with van der Waals surface area (Å²) in [5, 5.41) is 21.8. The highest BCUT2D eigenvalue weighted by Gasteiger charge is 2.18. The van der Waals surface area contributed by atoms with Gasteiger partial charge in [-0.15, -0.1) is 0 Å². The van der Waals surface area contributed by atoms with E-state index < -0.39 is 4.92 Å². The Labute approximate surface area is 86.2 Å². The Bertz CT molecular complexity index is 425. The van der Waals surface area contributed by atoms with Gasteiger partial charge >= 0.3 is 0 Å². The van der Waals surface area contributed by atoms with E-state index in [4.69, 9.17) is 0 Å². The zero-order chi connectivity index (χ0) is 10.8. The Morgan fingerprint density at radius 2 is 2.20 bits per heavy atom. The van der Waals surface area contributed by atoms with E-state index >= 15 is 0 Å². The van der Waals surface area contributed by atoms with Crippen molar-refractivity contribution in [2.24, 2.45) is 4.99 Å². The third-order valence-corrected chi connectivity index (χ3v) is 2.18. The van der Waals surface area contributed by atoms with E-state index in [0.717, 1.165) is 12.8 Å². The van der Waals surface area contributed by atoms with Crippen molar-refractivity contribution < 1.29 is 10.0 Å². The van der Waals surface area contributed by atoms with E-state index in [0.29, 0.717) is 6.04 Å². The Morgan fingerprint density at radius 1 is 1.47 bits per heavy atom. The molecule has 0 radical (unpaired) electrons. The average molecular weight is 205 g/mol. The number of aliphatic imine (C=N–C) groups is 1. The van der Waals surface area contributed by atoms with Gasteiger partial charge in [-0.1, -0.05) is 11.8 Å². The van der Waals surface area contributed by atoms with Gasteiger partial charge < -0.3 is 5.11 Å². The van der Waals surface area contributed by atoms with Crippen LogP contribution in [0.25, 0.3) is 0 Å². The van der Waals surface area contributed by atoms with E-state index in [2.05, 4.69) is 4.99 Å². The van der Waals surface area contributed by atoms with Crippen molar-refractivity contribution in [2.75, 3.05) is 0 Å². The van der Waals surface area contributed by atoms with E-state index in [1.54, 1.807) is 0 Å². The second-order valence-corrected chi connectivity index (χ2v) is 3.49. The zero-order valence-corrected chi connectivity index (χ0v) is 7.92. The van der Waals surface area contributed by atoms with Crippen molar-refractivity contribution in [1.29, 1.82) is 0 Å². The number of nitrogens with zero attached hydrogens (tertiary/aromatic N) is 2. The fourth-order valence-corrected chi connectivity index (χ4v) is 1.16. The molecule has 2 rings (SSSR count).